The van der Waals surface area contributed by atoms with Gasteiger partial charge in [0, 0.05) is 23.2 Å². The molecular formula is C21H30ClN3O4. The van der Waals surface area contributed by atoms with Gasteiger partial charge in [0.25, 0.3) is 0 Å². The number of carbonyl (C=O) groups excluding carboxylic acids is 2. The molecular weight excluding hydrogens is 394 g/mol. The van der Waals surface area contributed by atoms with Crippen molar-refractivity contribution < 1.29 is 19.4 Å². The van der Waals surface area contributed by atoms with Crippen molar-refractivity contribution in [1.29, 1.82) is 0 Å². The molecule has 1 aliphatic carbocycles. The molecule has 1 heterocycles. The molecule has 1 saturated heterocycles. The third-order valence-electron chi connectivity index (χ3n) is 5.69. The van der Waals surface area contributed by atoms with Crippen LogP contribution in [0.15, 0.2) is 24.3 Å². The van der Waals surface area contributed by atoms with Crippen LogP contribution in [0.4, 0.5) is 10.5 Å². The molecule has 7 nitrogen and oxygen atoms in total. The summed E-state index contributed by atoms with van der Waals surface area (Å²) in [7, 11) is 0. The number of hydrogen-bond acceptors (Lipinski definition) is 4. The molecule has 160 valence electrons. The van der Waals surface area contributed by atoms with Crippen LogP contribution in [0.1, 0.15) is 44.9 Å². The highest BCUT2D eigenvalue weighted by Crippen LogP contribution is 2.25. The monoisotopic (exact) mass is 423 g/mol. The normalized spacial score (nSPS) is 24.8. The maximum Gasteiger partial charge on any atom is 0.319 e. The summed E-state index contributed by atoms with van der Waals surface area (Å²) in [6.07, 6.45) is 5.92. The number of anilines is 1. The van der Waals surface area contributed by atoms with Gasteiger partial charge < -0.3 is 25.8 Å². The Morgan fingerprint density at radius 1 is 1.17 bits per heavy atom. The van der Waals surface area contributed by atoms with Crippen molar-refractivity contribution in [3.05, 3.63) is 29.3 Å². The van der Waals surface area contributed by atoms with Gasteiger partial charge in [0.2, 0.25) is 5.91 Å². The van der Waals surface area contributed by atoms with Crippen LogP contribution in [0.5, 0.6) is 0 Å². The predicted octanol–water partition coefficient (Wildman–Crippen LogP) is 3.07. The standard InChI is InChI=1S/C21H30ClN3O4/c22-15-6-3-7-16(12-15)24-21(28)25-18-9-8-17(29-19(18)13-26)10-11-23-20(27)14-4-1-2-5-14/h3,6-7,12,14,17-19,26H,1-2,4-5,8-11,13H2,(H,23,27)(H2,24,25,28)/t17-,18-,19+/m1/s1. The van der Waals surface area contributed by atoms with Crippen LogP contribution in [-0.2, 0) is 9.53 Å². The lowest BCUT2D eigenvalue weighted by molar-refractivity contribution is -0.125. The molecule has 0 bridgehead atoms. The van der Waals surface area contributed by atoms with E-state index in [9.17, 15) is 14.7 Å². The Bertz CT molecular complexity index is 696. The fourth-order valence-electron chi connectivity index (χ4n) is 4.10. The predicted molar refractivity (Wildman–Crippen MR) is 112 cm³/mol. The Kier molecular flexibility index (Phi) is 8.15. The summed E-state index contributed by atoms with van der Waals surface area (Å²) in [6, 6.07) is 6.27. The van der Waals surface area contributed by atoms with Crippen molar-refractivity contribution in [2.45, 2.75) is 63.2 Å². The topological polar surface area (TPSA) is 99.7 Å². The largest absolute Gasteiger partial charge is 0.394 e. The fraction of sp³-hybridized carbons (Fsp3) is 0.619. The summed E-state index contributed by atoms with van der Waals surface area (Å²) in [4.78, 5) is 24.4. The van der Waals surface area contributed by atoms with Gasteiger partial charge in [-0.3, -0.25) is 4.79 Å². The average Bonchev–Trinajstić information content (AvgIpc) is 3.24. The van der Waals surface area contributed by atoms with E-state index in [1.54, 1.807) is 24.3 Å². The lowest BCUT2D eigenvalue weighted by Crippen LogP contribution is -2.52. The minimum absolute atomic E-state index is 0.0370. The number of carbonyl (C=O) groups is 2. The van der Waals surface area contributed by atoms with Crippen LogP contribution < -0.4 is 16.0 Å². The van der Waals surface area contributed by atoms with E-state index in [0.717, 1.165) is 32.1 Å². The zero-order valence-corrected chi connectivity index (χ0v) is 17.3. The first-order chi connectivity index (χ1) is 14.0. The van der Waals surface area contributed by atoms with Crippen molar-refractivity contribution in [3.63, 3.8) is 0 Å². The zero-order chi connectivity index (χ0) is 20.6. The van der Waals surface area contributed by atoms with Crippen molar-refractivity contribution in [2.24, 2.45) is 5.92 Å². The number of amides is 3. The second kappa shape index (κ2) is 10.8. The van der Waals surface area contributed by atoms with Crippen LogP contribution in [0.25, 0.3) is 0 Å². The summed E-state index contributed by atoms with van der Waals surface area (Å²) in [5, 5.41) is 18.9. The first-order valence-electron chi connectivity index (χ1n) is 10.4. The van der Waals surface area contributed by atoms with Crippen molar-refractivity contribution >= 4 is 29.2 Å². The molecule has 1 saturated carbocycles. The molecule has 1 aromatic rings. The Hall–Kier alpha value is -1.83. The van der Waals surface area contributed by atoms with Crippen molar-refractivity contribution in [3.8, 4) is 0 Å². The number of rotatable bonds is 7. The van der Waals surface area contributed by atoms with Gasteiger partial charge in [-0.25, -0.2) is 4.79 Å². The fourth-order valence-corrected chi connectivity index (χ4v) is 4.29. The number of aliphatic hydroxyl groups is 1. The van der Waals surface area contributed by atoms with E-state index in [-0.39, 0.29) is 36.6 Å². The van der Waals surface area contributed by atoms with Gasteiger partial charge in [0.05, 0.1) is 18.8 Å². The van der Waals surface area contributed by atoms with E-state index in [1.165, 1.54) is 0 Å². The highest BCUT2D eigenvalue weighted by Gasteiger charge is 2.32. The lowest BCUT2D eigenvalue weighted by Gasteiger charge is -2.36. The molecule has 2 fully saturated rings. The molecule has 8 heteroatoms. The molecule has 3 atom stereocenters. The van der Waals surface area contributed by atoms with Crippen LogP contribution >= 0.6 is 11.6 Å². The van der Waals surface area contributed by atoms with Crippen molar-refractivity contribution in [1.82, 2.24) is 10.6 Å². The van der Waals surface area contributed by atoms with Gasteiger partial charge in [0.15, 0.2) is 0 Å². The second-order valence-electron chi connectivity index (χ2n) is 7.83. The molecule has 0 radical (unpaired) electrons. The molecule has 4 N–H and O–H groups in total. The van der Waals surface area contributed by atoms with E-state index in [1.807, 2.05) is 0 Å². The Morgan fingerprint density at radius 3 is 2.69 bits per heavy atom. The first-order valence-corrected chi connectivity index (χ1v) is 10.8. The summed E-state index contributed by atoms with van der Waals surface area (Å²) in [6.45, 7) is 0.401. The van der Waals surface area contributed by atoms with E-state index < -0.39 is 6.10 Å². The number of nitrogens with one attached hydrogen (secondary N) is 3. The third-order valence-corrected chi connectivity index (χ3v) is 5.92. The average molecular weight is 424 g/mol. The van der Waals surface area contributed by atoms with Crippen LogP contribution in [0.2, 0.25) is 5.02 Å². The minimum Gasteiger partial charge on any atom is -0.394 e. The molecule has 0 aromatic heterocycles. The molecule has 3 rings (SSSR count). The molecule has 1 aromatic carbocycles. The SMILES string of the molecule is O=C(Nc1cccc(Cl)c1)N[C@@H]1CC[C@H](CCNC(=O)C2CCCC2)O[C@H]1CO. The van der Waals surface area contributed by atoms with E-state index in [0.29, 0.717) is 30.1 Å². The number of hydrogen-bond donors (Lipinski definition) is 4. The smallest absolute Gasteiger partial charge is 0.319 e. The van der Waals surface area contributed by atoms with Crippen LogP contribution in [-0.4, -0.2) is 48.4 Å². The van der Waals surface area contributed by atoms with Crippen LogP contribution in [0, 0.1) is 5.92 Å². The number of ether oxygens (including phenoxy) is 1. The second-order valence-corrected chi connectivity index (χ2v) is 8.27. The number of urea groups is 1. The summed E-state index contributed by atoms with van der Waals surface area (Å²) >= 11 is 5.93. The molecule has 0 unspecified atom stereocenters. The Morgan fingerprint density at radius 2 is 1.97 bits per heavy atom. The third kappa shape index (κ3) is 6.59. The van der Waals surface area contributed by atoms with Gasteiger partial charge in [-0.2, -0.15) is 0 Å². The Balaban J connectivity index is 1.40. The van der Waals surface area contributed by atoms with Gasteiger partial charge in [-0.1, -0.05) is 30.5 Å². The van der Waals surface area contributed by atoms with Gasteiger partial charge in [-0.05, 0) is 50.3 Å². The number of benzene rings is 1. The molecule has 2 aliphatic rings. The highest BCUT2D eigenvalue weighted by molar-refractivity contribution is 6.30. The minimum atomic E-state index is -0.468. The van der Waals surface area contributed by atoms with E-state index in [4.69, 9.17) is 16.3 Å². The van der Waals surface area contributed by atoms with Crippen LogP contribution in [0.3, 0.4) is 0 Å². The van der Waals surface area contributed by atoms with E-state index >= 15 is 0 Å². The Labute approximate surface area is 176 Å². The lowest BCUT2D eigenvalue weighted by atomic mass is 9.97. The van der Waals surface area contributed by atoms with Crippen molar-refractivity contribution in [2.75, 3.05) is 18.5 Å². The molecule has 1 aliphatic heterocycles. The number of halogens is 1. The molecule has 0 spiro atoms. The van der Waals surface area contributed by atoms with Gasteiger partial charge in [0.1, 0.15) is 6.10 Å². The van der Waals surface area contributed by atoms with E-state index in [2.05, 4.69) is 16.0 Å². The zero-order valence-electron chi connectivity index (χ0n) is 16.5. The summed E-state index contributed by atoms with van der Waals surface area (Å²) in [5.41, 5.74) is 0.600. The summed E-state index contributed by atoms with van der Waals surface area (Å²) < 4.78 is 5.96. The maximum absolute atomic E-state index is 12.3. The highest BCUT2D eigenvalue weighted by atomic mass is 35.5. The van der Waals surface area contributed by atoms with Gasteiger partial charge >= 0.3 is 6.03 Å². The maximum atomic E-state index is 12.3. The number of aliphatic hydroxyl groups excluding tert-OH is 1. The molecule has 3 amide bonds. The quantitative estimate of drug-likeness (QED) is 0.541. The summed E-state index contributed by atoms with van der Waals surface area (Å²) in [5.74, 6) is 0.313. The first kappa shape index (κ1) is 21.9. The molecule has 29 heavy (non-hydrogen) atoms. The van der Waals surface area contributed by atoms with Gasteiger partial charge in [-0.15, -0.1) is 0 Å².